The highest BCUT2D eigenvalue weighted by atomic mass is 35.5. The van der Waals surface area contributed by atoms with Gasteiger partial charge in [-0.25, -0.2) is 0 Å². The first-order valence-electron chi connectivity index (χ1n) is 11.7. The van der Waals surface area contributed by atoms with Gasteiger partial charge in [0.1, 0.15) is 0 Å². The van der Waals surface area contributed by atoms with Gasteiger partial charge in [-0.05, 0) is 48.2 Å². The number of carbonyl (C=O) groups is 2. The van der Waals surface area contributed by atoms with Crippen LogP contribution in [0.25, 0.3) is 11.1 Å². The Hall–Kier alpha value is -3.19. The van der Waals surface area contributed by atoms with Gasteiger partial charge in [0.05, 0.1) is 11.4 Å². The number of benzene rings is 2. The lowest BCUT2D eigenvalue weighted by Gasteiger charge is -2.28. The molecule has 3 fully saturated rings. The van der Waals surface area contributed by atoms with Gasteiger partial charge >= 0.3 is 0 Å². The van der Waals surface area contributed by atoms with Crippen LogP contribution in [0, 0.1) is 23.2 Å². The van der Waals surface area contributed by atoms with Gasteiger partial charge < -0.3 is 21.1 Å². The first-order chi connectivity index (χ1) is 16.4. The van der Waals surface area contributed by atoms with Crippen molar-refractivity contribution >= 4 is 34.8 Å². The summed E-state index contributed by atoms with van der Waals surface area (Å²) in [4.78, 5) is 30.1. The van der Waals surface area contributed by atoms with E-state index in [0.717, 1.165) is 11.1 Å². The Kier molecular flexibility index (Phi) is 6.13. The molecule has 3 N–H and O–H groups in total. The molecular weight excluding hydrogens is 450 g/mol. The minimum absolute atomic E-state index is 0.0459. The predicted octanol–water partition coefficient (Wildman–Crippen LogP) is 3.67. The molecule has 2 saturated heterocycles. The topological polar surface area (TPSA) is 103 Å². The Balaban J connectivity index is 1.18. The smallest absolute Gasteiger partial charge is 0.253 e. The summed E-state index contributed by atoms with van der Waals surface area (Å²) in [7, 11) is 0. The largest absolute Gasteiger partial charge is 0.342 e. The van der Waals surface area contributed by atoms with E-state index in [2.05, 4.69) is 5.10 Å². The van der Waals surface area contributed by atoms with Crippen LogP contribution in [-0.4, -0.2) is 59.2 Å². The molecule has 2 heterocycles. The Morgan fingerprint density at radius 2 is 1.47 bits per heavy atom. The van der Waals surface area contributed by atoms with Crippen molar-refractivity contribution < 1.29 is 9.59 Å². The van der Waals surface area contributed by atoms with Gasteiger partial charge in [0, 0.05) is 60.9 Å². The molecule has 3 aliphatic rings. The standard InChI is InChI=1S/C26H28ClN5O2/c27-22-8-5-17(6-9-22)16-1-3-18(4-2-16)25(33)31-12-20-14-32(15-21(20)13-31)26(34)19-7-10-23(28)24(11-19)30-29/h1-6,8-9,19-21,28H,7,10-15,29H2/t19-,20-,21-/m1/s1. The molecule has 1 aliphatic carbocycles. The highest BCUT2D eigenvalue weighted by Gasteiger charge is 2.44. The molecule has 0 radical (unpaired) electrons. The number of nitrogens with two attached hydrogens (primary N) is 1. The van der Waals surface area contributed by atoms with Crippen LogP contribution in [0.1, 0.15) is 29.6 Å². The molecule has 0 bridgehead atoms. The fourth-order valence-electron chi connectivity index (χ4n) is 5.49. The van der Waals surface area contributed by atoms with Crippen LogP contribution in [-0.2, 0) is 4.79 Å². The maximum Gasteiger partial charge on any atom is 0.253 e. The summed E-state index contributed by atoms with van der Waals surface area (Å²) < 4.78 is 0. The van der Waals surface area contributed by atoms with E-state index in [4.69, 9.17) is 22.9 Å². The Labute approximate surface area is 204 Å². The summed E-state index contributed by atoms with van der Waals surface area (Å²) in [6.45, 7) is 2.73. The van der Waals surface area contributed by atoms with Crippen molar-refractivity contribution in [1.29, 1.82) is 5.41 Å². The molecule has 2 aromatic carbocycles. The molecule has 34 heavy (non-hydrogen) atoms. The average Bonchev–Trinajstić information content (AvgIpc) is 3.44. The third-order valence-electron chi connectivity index (χ3n) is 7.43. The third kappa shape index (κ3) is 4.32. The molecule has 3 atom stereocenters. The summed E-state index contributed by atoms with van der Waals surface area (Å²) >= 11 is 5.97. The monoisotopic (exact) mass is 477 g/mol. The number of carbonyl (C=O) groups excluding carboxylic acids is 2. The second-order valence-electron chi connectivity index (χ2n) is 9.55. The number of hydrogen-bond acceptors (Lipinski definition) is 5. The fraction of sp³-hybridized carbons (Fsp3) is 0.385. The number of fused-ring (bicyclic) bond motifs is 1. The molecule has 0 unspecified atom stereocenters. The molecule has 0 spiro atoms. The molecule has 5 rings (SSSR count). The fourth-order valence-corrected chi connectivity index (χ4v) is 5.62. The van der Waals surface area contributed by atoms with Crippen molar-refractivity contribution in [2.24, 2.45) is 28.7 Å². The second kappa shape index (κ2) is 9.22. The molecule has 8 heteroatoms. The van der Waals surface area contributed by atoms with Gasteiger partial charge in [0.15, 0.2) is 0 Å². The minimum Gasteiger partial charge on any atom is -0.342 e. The summed E-state index contributed by atoms with van der Waals surface area (Å²) in [6.07, 6.45) is 1.68. The van der Waals surface area contributed by atoms with Crippen molar-refractivity contribution in [3.63, 3.8) is 0 Å². The van der Waals surface area contributed by atoms with Crippen molar-refractivity contribution in [1.82, 2.24) is 9.80 Å². The van der Waals surface area contributed by atoms with E-state index in [0.29, 0.717) is 79.3 Å². The normalized spacial score (nSPS) is 25.6. The third-order valence-corrected chi connectivity index (χ3v) is 7.68. The van der Waals surface area contributed by atoms with Crippen molar-refractivity contribution in [3.05, 3.63) is 59.1 Å². The molecule has 176 valence electrons. The summed E-state index contributed by atoms with van der Waals surface area (Å²) in [5.41, 5.74) is 3.77. The zero-order chi connectivity index (χ0) is 23.8. The van der Waals surface area contributed by atoms with Crippen molar-refractivity contribution in [3.8, 4) is 11.1 Å². The van der Waals surface area contributed by atoms with Gasteiger partial charge in [-0.3, -0.25) is 9.59 Å². The molecule has 7 nitrogen and oxygen atoms in total. The number of nitrogens with zero attached hydrogens (tertiary/aromatic N) is 3. The first-order valence-corrected chi connectivity index (χ1v) is 12.1. The molecule has 0 aromatic heterocycles. The van der Waals surface area contributed by atoms with Crippen LogP contribution in [0.2, 0.25) is 5.02 Å². The number of amides is 2. The number of likely N-dealkylation sites (tertiary alicyclic amines) is 2. The van der Waals surface area contributed by atoms with Crippen LogP contribution in [0.15, 0.2) is 53.6 Å². The van der Waals surface area contributed by atoms with Gasteiger partial charge in [-0.2, -0.15) is 5.10 Å². The van der Waals surface area contributed by atoms with E-state index in [9.17, 15) is 9.59 Å². The zero-order valence-electron chi connectivity index (χ0n) is 18.9. The summed E-state index contributed by atoms with van der Waals surface area (Å²) in [6, 6.07) is 15.4. The van der Waals surface area contributed by atoms with Gasteiger partial charge in [-0.15, -0.1) is 0 Å². The zero-order valence-corrected chi connectivity index (χ0v) is 19.7. The SMILES string of the molecule is N=C1CC[C@@H](C(=O)N2C[C@H]3CN(C(=O)c4ccc(-c5ccc(Cl)cc5)cc4)C[C@@H]3C2)CC1=NN. The lowest BCUT2D eigenvalue weighted by molar-refractivity contribution is -0.134. The van der Waals surface area contributed by atoms with Crippen molar-refractivity contribution in [2.75, 3.05) is 26.2 Å². The van der Waals surface area contributed by atoms with E-state index in [1.165, 1.54) is 0 Å². The Morgan fingerprint density at radius 1 is 0.912 bits per heavy atom. The maximum absolute atomic E-state index is 13.1. The lowest BCUT2D eigenvalue weighted by Crippen LogP contribution is -2.41. The van der Waals surface area contributed by atoms with Crippen LogP contribution in [0.4, 0.5) is 0 Å². The highest BCUT2D eigenvalue weighted by molar-refractivity contribution is 6.42. The van der Waals surface area contributed by atoms with Gasteiger partial charge in [-0.1, -0.05) is 35.9 Å². The highest BCUT2D eigenvalue weighted by Crippen LogP contribution is 2.34. The molecular formula is C26H28ClN5O2. The van der Waals surface area contributed by atoms with Crippen LogP contribution >= 0.6 is 11.6 Å². The number of nitrogens with one attached hydrogen (secondary N) is 1. The average molecular weight is 478 g/mol. The van der Waals surface area contributed by atoms with E-state index in [1.807, 2.05) is 58.3 Å². The van der Waals surface area contributed by atoms with E-state index in [-0.39, 0.29) is 17.7 Å². The van der Waals surface area contributed by atoms with Crippen LogP contribution < -0.4 is 5.84 Å². The maximum atomic E-state index is 13.1. The minimum atomic E-state index is -0.146. The predicted molar refractivity (Wildman–Crippen MR) is 133 cm³/mol. The Bertz CT molecular complexity index is 1130. The molecule has 1 saturated carbocycles. The summed E-state index contributed by atoms with van der Waals surface area (Å²) in [5, 5.41) is 12.3. The molecule has 2 amide bonds. The van der Waals surface area contributed by atoms with Gasteiger partial charge in [0.2, 0.25) is 5.91 Å². The van der Waals surface area contributed by atoms with Crippen molar-refractivity contribution in [2.45, 2.75) is 19.3 Å². The van der Waals surface area contributed by atoms with Crippen LogP contribution in [0.3, 0.4) is 0 Å². The van der Waals surface area contributed by atoms with E-state index < -0.39 is 0 Å². The number of rotatable bonds is 3. The molecule has 2 aliphatic heterocycles. The quantitative estimate of drug-likeness (QED) is 0.520. The summed E-state index contributed by atoms with van der Waals surface area (Å²) in [5.74, 6) is 6.06. The van der Waals surface area contributed by atoms with E-state index in [1.54, 1.807) is 0 Å². The second-order valence-corrected chi connectivity index (χ2v) is 9.99. The lowest BCUT2D eigenvalue weighted by atomic mass is 9.85. The first kappa shape index (κ1) is 22.6. The molecule has 2 aromatic rings. The van der Waals surface area contributed by atoms with Gasteiger partial charge in [0.25, 0.3) is 5.91 Å². The van der Waals surface area contributed by atoms with E-state index >= 15 is 0 Å². The number of hydrogen-bond donors (Lipinski definition) is 2. The van der Waals surface area contributed by atoms with Crippen LogP contribution in [0.5, 0.6) is 0 Å². The number of hydrazone groups is 1. The Morgan fingerprint density at radius 3 is 2.06 bits per heavy atom. The number of halogens is 1.